The molecule has 0 atom stereocenters. The minimum Gasteiger partial charge on any atom is -0.508 e. The molecule has 0 radical (unpaired) electrons. The van der Waals surface area contributed by atoms with E-state index in [0.717, 1.165) is 27.9 Å². The van der Waals surface area contributed by atoms with Gasteiger partial charge in [0.25, 0.3) is 5.92 Å². The molecule has 1 heterocycles. The molecule has 1 aliphatic carbocycles. The SMILES string of the molecule is Cc1ccc2c(c1)NC1(CC(F)(F)C1)c1cc(O)ccc1-2. The first-order valence-corrected chi connectivity index (χ1v) is 6.99. The summed E-state index contributed by atoms with van der Waals surface area (Å²) in [5.41, 5.74) is 3.91. The van der Waals surface area contributed by atoms with Crippen LogP contribution in [0.2, 0.25) is 0 Å². The highest BCUT2D eigenvalue weighted by Crippen LogP contribution is 2.58. The standard InChI is InChI=1S/C17H15F2NO/c1-10-2-4-13-12-5-3-11(21)7-14(12)16(20-15(13)6-10)8-17(18,19)9-16/h2-7,20-21H,8-9H2,1H3. The Morgan fingerprint density at radius 3 is 2.48 bits per heavy atom. The van der Waals surface area contributed by atoms with Gasteiger partial charge in [-0.25, -0.2) is 8.78 Å². The fourth-order valence-electron chi connectivity index (χ4n) is 3.59. The van der Waals surface area contributed by atoms with E-state index in [1.807, 2.05) is 31.2 Å². The van der Waals surface area contributed by atoms with Crippen molar-refractivity contribution in [3.8, 4) is 16.9 Å². The van der Waals surface area contributed by atoms with E-state index in [2.05, 4.69) is 5.32 Å². The summed E-state index contributed by atoms with van der Waals surface area (Å²) in [6.45, 7) is 1.98. The van der Waals surface area contributed by atoms with E-state index in [-0.39, 0.29) is 18.6 Å². The number of alkyl halides is 2. The van der Waals surface area contributed by atoms with Crippen molar-refractivity contribution in [1.29, 1.82) is 0 Å². The Kier molecular flexibility index (Phi) is 2.26. The maximum Gasteiger partial charge on any atom is 0.253 e. The van der Waals surface area contributed by atoms with Crippen LogP contribution in [0, 0.1) is 6.92 Å². The van der Waals surface area contributed by atoms with Gasteiger partial charge in [-0.1, -0.05) is 18.2 Å². The predicted molar refractivity (Wildman–Crippen MR) is 77.8 cm³/mol. The van der Waals surface area contributed by atoms with Gasteiger partial charge in [0.2, 0.25) is 0 Å². The van der Waals surface area contributed by atoms with Crippen molar-refractivity contribution in [2.45, 2.75) is 31.2 Å². The number of nitrogens with one attached hydrogen (secondary N) is 1. The Balaban J connectivity index is 1.94. The second-order valence-corrected chi connectivity index (χ2v) is 6.20. The molecule has 108 valence electrons. The summed E-state index contributed by atoms with van der Waals surface area (Å²) in [6, 6.07) is 11.0. The van der Waals surface area contributed by atoms with Crippen molar-refractivity contribution < 1.29 is 13.9 Å². The van der Waals surface area contributed by atoms with Crippen molar-refractivity contribution in [1.82, 2.24) is 0 Å². The Morgan fingerprint density at radius 1 is 1.05 bits per heavy atom. The van der Waals surface area contributed by atoms with E-state index in [4.69, 9.17) is 0 Å². The molecule has 4 heteroatoms. The van der Waals surface area contributed by atoms with Gasteiger partial charge < -0.3 is 10.4 Å². The first-order valence-electron chi connectivity index (χ1n) is 6.99. The molecule has 0 saturated heterocycles. The summed E-state index contributed by atoms with van der Waals surface area (Å²) in [5, 5.41) is 13.0. The number of phenols is 1. The molecule has 1 spiro atoms. The smallest absolute Gasteiger partial charge is 0.253 e. The molecule has 4 rings (SSSR count). The Labute approximate surface area is 121 Å². The Hall–Kier alpha value is -2.10. The average Bonchev–Trinajstić information content (AvgIpc) is 2.36. The minimum absolute atomic E-state index is 0.112. The molecule has 2 aliphatic rings. The van der Waals surface area contributed by atoms with Crippen LogP contribution in [0.4, 0.5) is 14.5 Å². The van der Waals surface area contributed by atoms with E-state index in [1.54, 1.807) is 12.1 Å². The van der Waals surface area contributed by atoms with E-state index >= 15 is 0 Å². The number of aryl methyl sites for hydroxylation is 1. The summed E-state index contributed by atoms with van der Waals surface area (Å²) in [5.74, 6) is -2.53. The Morgan fingerprint density at radius 2 is 1.76 bits per heavy atom. The van der Waals surface area contributed by atoms with Crippen LogP contribution in [0.15, 0.2) is 36.4 Å². The van der Waals surface area contributed by atoms with Crippen molar-refractivity contribution in [3.05, 3.63) is 47.5 Å². The van der Waals surface area contributed by atoms with Gasteiger partial charge in [0, 0.05) is 24.1 Å². The van der Waals surface area contributed by atoms with Crippen LogP contribution in [0.1, 0.15) is 24.0 Å². The fourth-order valence-corrected chi connectivity index (χ4v) is 3.59. The van der Waals surface area contributed by atoms with Gasteiger partial charge in [-0.15, -0.1) is 0 Å². The number of hydrogen-bond donors (Lipinski definition) is 2. The highest BCUT2D eigenvalue weighted by molar-refractivity contribution is 5.86. The van der Waals surface area contributed by atoms with Crippen LogP contribution in [0.5, 0.6) is 5.75 Å². The largest absolute Gasteiger partial charge is 0.508 e. The molecule has 1 fully saturated rings. The average molecular weight is 287 g/mol. The predicted octanol–water partition coefficient (Wildman–Crippen LogP) is 4.42. The highest BCUT2D eigenvalue weighted by atomic mass is 19.3. The van der Waals surface area contributed by atoms with Crippen LogP contribution in [-0.4, -0.2) is 11.0 Å². The van der Waals surface area contributed by atoms with Crippen LogP contribution in [-0.2, 0) is 5.54 Å². The van der Waals surface area contributed by atoms with Crippen molar-refractivity contribution in [2.24, 2.45) is 0 Å². The van der Waals surface area contributed by atoms with Gasteiger partial charge in [-0.3, -0.25) is 0 Å². The molecule has 2 N–H and O–H groups in total. The third-order valence-corrected chi connectivity index (χ3v) is 4.48. The van der Waals surface area contributed by atoms with E-state index in [0.29, 0.717) is 0 Å². The first-order chi connectivity index (χ1) is 9.89. The van der Waals surface area contributed by atoms with Crippen molar-refractivity contribution in [2.75, 3.05) is 5.32 Å². The fraction of sp³-hybridized carbons (Fsp3) is 0.294. The summed E-state index contributed by atoms with van der Waals surface area (Å²) in [7, 11) is 0. The van der Waals surface area contributed by atoms with Gasteiger partial charge in [0.05, 0.1) is 5.54 Å². The Bertz CT molecular complexity index is 746. The normalized spacial score (nSPS) is 20.1. The summed E-state index contributed by atoms with van der Waals surface area (Å²) >= 11 is 0. The van der Waals surface area contributed by atoms with E-state index in [1.165, 1.54) is 0 Å². The molecule has 1 saturated carbocycles. The topological polar surface area (TPSA) is 32.3 Å². The van der Waals surface area contributed by atoms with Crippen molar-refractivity contribution >= 4 is 5.69 Å². The van der Waals surface area contributed by atoms with E-state index < -0.39 is 11.5 Å². The number of benzene rings is 2. The second-order valence-electron chi connectivity index (χ2n) is 6.20. The van der Waals surface area contributed by atoms with Gasteiger partial charge in [0.15, 0.2) is 0 Å². The molecule has 2 aromatic carbocycles. The molecular formula is C17H15F2NO. The van der Waals surface area contributed by atoms with Crippen LogP contribution in [0.25, 0.3) is 11.1 Å². The zero-order valence-corrected chi connectivity index (χ0v) is 11.6. The number of halogens is 2. The molecule has 0 aromatic heterocycles. The number of anilines is 1. The summed E-state index contributed by atoms with van der Waals surface area (Å²) < 4.78 is 27.0. The highest BCUT2D eigenvalue weighted by Gasteiger charge is 2.59. The molecule has 0 amide bonds. The third kappa shape index (κ3) is 1.75. The molecule has 2 aromatic rings. The second kappa shape index (κ2) is 3.75. The lowest BCUT2D eigenvalue weighted by molar-refractivity contribution is -0.117. The van der Waals surface area contributed by atoms with Crippen LogP contribution in [0.3, 0.4) is 0 Å². The lowest BCUT2D eigenvalue weighted by atomic mass is 9.65. The number of phenolic OH excluding ortho intramolecular Hbond substituents is 1. The van der Waals surface area contributed by atoms with Crippen LogP contribution < -0.4 is 5.32 Å². The van der Waals surface area contributed by atoms with Gasteiger partial charge in [0.1, 0.15) is 5.75 Å². The summed E-state index contributed by atoms with van der Waals surface area (Å²) in [4.78, 5) is 0. The maximum atomic E-state index is 13.5. The zero-order chi connectivity index (χ0) is 14.8. The van der Waals surface area contributed by atoms with E-state index in [9.17, 15) is 13.9 Å². The molecule has 2 nitrogen and oxygen atoms in total. The third-order valence-electron chi connectivity index (χ3n) is 4.48. The molecule has 1 aliphatic heterocycles. The lowest BCUT2D eigenvalue weighted by Gasteiger charge is -2.51. The maximum absolute atomic E-state index is 13.5. The number of rotatable bonds is 0. The lowest BCUT2D eigenvalue weighted by Crippen LogP contribution is -2.55. The molecule has 21 heavy (non-hydrogen) atoms. The molecular weight excluding hydrogens is 272 g/mol. The van der Waals surface area contributed by atoms with Gasteiger partial charge >= 0.3 is 0 Å². The number of hydrogen-bond acceptors (Lipinski definition) is 2. The summed E-state index contributed by atoms with van der Waals surface area (Å²) in [6.07, 6.45) is -0.465. The number of fused-ring (bicyclic) bond motifs is 4. The van der Waals surface area contributed by atoms with Crippen LogP contribution >= 0.6 is 0 Å². The quantitative estimate of drug-likeness (QED) is 0.752. The number of aromatic hydroxyl groups is 1. The molecule has 0 bridgehead atoms. The van der Waals surface area contributed by atoms with Crippen molar-refractivity contribution in [3.63, 3.8) is 0 Å². The van der Waals surface area contributed by atoms with Gasteiger partial charge in [-0.05, 0) is 41.8 Å². The zero-order valence-electron chi connectivity index (χ0n) is 11.6. The van der Waals surface area contributed by atoms with Gasteiger partial charge in [-0.2, -0.15) is 0 Å². The molecule has 0 unspecified atom stereocenters. The minimum atomic E-state index is -2.64. The first kappa shape index (κ1) is 12.6. The monoisotopic (exact) mass is 287 g/mol.